The standard InChI is InChI=1S/C17H14N2O2/c1-10-2-4-13-12(6-10)7-14(19-17(13)18)11-3-5-15-16(8-11)21-9-20-15/h2-8H,9H2,1H3,(H2,18,19). The second-order valence-corrected chi connectivity index (χ2v) is 5.19. The van der Waals surface area contributed by atoms with Crippen LogP contribution in [0.25, 0.3) is 22.0 Å². The molecule has 4 heteroatoms. The number of pyridine rings is 1. The molecule has 2 heterocycles. The van der Waals surface area contributed by atoms with E-state index in [0.717, 1.165) is 33.5 Å². The van der Waals surface area contributed by atoms with Crippen LogP contribution in [0.3, 0.4) is 0 Å². The number of rotatable bonds is 1. The van der Waals surface area contributed by atoms with Crippen molar-refractivity contribution in [2.75, 3.05) is 12.5 Å². The Kier molecular flexibility index (Phi) is 2.51. The first kappa shape index (κ1) is 12.0. The summed E-state index contributed by atoms with van der Waals surface area (Å²) in [6.45, 7) is 2.33. The van der Waals surface area contributed by atoms with Gasteiger partial charge in [0.1, 0.15) is 5.82 Å². The van der Waals surface area contributed by atoms with Crippen molar-refractivity contribution in [2.24, 2.45) is 0 Å². The Hall–Kier alpha value is -2.75. The van der Waals surface area contributed by atoms with Gasteiger partial charge < -0.3 is 15.2 Å². The van der Waals surface area contributed by atoms with Crippen LogP contribution in [0, 0.1) is 6.92 Å². The lowest BCUT2D eigenvalue weighted by molar-refractivity contribution is 0.174. The summed E-state index contributed by atoms with van der Waals surface area (Å²) in [5, 5.41) is 2.07. The van der Waals surface area contributed by atoms with Crippen LogP contribution in [-0.4, -0.2) is 11.8 Å². The zero-order valence-electron chi connectivity index (χ0n) is 11.6. The highest BCUT2D eigenvalue weighted by Gasteiger charge is 2.15. The van der Waals surface area contributed by atoms with Gasteiger partial charge in [0, 0.05) is 10.9 Å². The average molecular weight is 278 g/mol. The Balaban J connectivity index is 1.90. The monoisotopic (exact) mass is 278 g/mol. The minimum Gasteiger partial charge on any atom is -0.454 e. The Bertz CT molecular complexity index is 859. The van der Waals surface area contributed by atoms with Gasteiger partial charge in [-0.1, -0.05) is 23.8 Å². The van der Waals surface area contributed by atoms with E-state index in [9.17, 15) is 0 Å². The maximum absolute atomic E-state index is 6.09. The lowest BCUT2D eigenvalue weighted by Gasteiger charge is -2.08. The number of nitrogens with two attached hydrogens (primary N) is 1. The van der Waals surface area contributed by atoms with Crippen LogP contribution in [0.4, 0.5) is 5.82 Å². The molecule has 0 spiro atoms. The molecule has 2 aromatic carbocycles. The lowest BCUT2D eigenvalue weighted by atomic mass is 10.0. The van der Waals surface area contributed by atoms with Gasteiger partial charge in [0.25, 0.3) is 0 Å². The van der Waals surface area contributed by atoms with E-state index < -0.39 is 0 Å². The van der Waals surface area contributed by atoms with Crippen molar-refractivity contribution in [2.45, 2.75) is 6.92 Å². The van der Waals surface area contributed by atoms with E-state index in [4.69, 9.17) is 15.2 Å². The molecular formula is C17H14N2O2. The molecule has 0 saturated heterocycles. The molecule has 21 heavy (non-hydrogen) atoms. The number of fused-ring (bicyclic) bond motifs is 2. The highest BCUT2D eigenvalue weighted by atomic mass is 16.7. The highest BCUT2D eigenvalue weighted by Crippen LogP contribution is 2.36. The summed E-state index contributed by atoms with van der Waals surface area (Å²) in [6.07, 6.45) is 0. The van der Waals surface area contributed by atoms with E-state index in [2.05, 4.69) is 24.0 Å². The molecule has 0 atom stereocenters. The first-order chi connectivity index (χ1) is 10.2. The number of hydrogen-bond acceptors (Lipinski definition) is 4. The molecule has 1 aromatic heterocycles. The number of aryl methyl sites for hydroxylation is 1. The molecule has 0 amide bonds. The molecule has 104 valence electrons. The van der Waals surface area contributed by atoms with Gasteiger partial charge in [0.05, 0.1) is 5.69 Å². The minimum atomic E-state index is 0.269. The van der Waals surface area contributed by atoms with Gasteiger partial charge in [-0.3, -0.25) is 0 Å². The van der Waals surface area contributed by atoms with Gasteiger partial charge in [-0.2, -0.15) is 0 Å². The van der Waals surface area contributed by atoms with Crippen molar-refractivity contribution < 1.29 is 9.47 Å². The fourth-order valence-electron chi connectivity index (χ4n) is 2.61. The van der Waals surface area contributed by atoms with E-state index in [1.807, 2.05) is 30.3 Å². The van der Waals surface area contributed by atoms with Gasteiger partial charge >= 0.3 is 0 Å². The Morgan fingerprint density at radius 3 is 2.76 bits per heavy atom. The number of ether oxygens (including phenoxy) is 2. The molecule has 4 nitrogen and oxygen atoms in total. The normalized spacial score (nSPS) is 12.8. The third kappa shape index (κ3) is 1.96. The van der Waals surface area contributed by atoms with Crippen molar-refractivity contribution >= 4 is 16.6 Å². The van der Waals surface area contributed by atoms with Crippen LogP contribution in [0.5, 0.6) is 11.5 Å². The summed E-state index contributed by atoms with van der Waals surface area (Å²) in [4.78, 5) is 4.51. The van der Waals surface area contributed by atoms with E-state index in [0.29, 0.717) is 5.82 Å². The Morgan fingerprint density at radius 2 is 1.86 bits per heavy atom. The molecule has 3 aromatic rings. The SMILES string of the molecule is Cc1ccc2c(N)nc(-c3ccc4c(c3)OCO4)cc2c1. The molecule has 2 N–H and O–H groups in total. The largest absolute Gasteiger partial charge is 0.454 e. The van der Waals surface area contributed by atoms with Gasteiger partial charge in [-0.15, -0.1) is 0 Å². The second kappa shape index (κ2) is 4.38. The van der Waals surface area contributed by atoms with Crippen molar-refractivity contribution in [3.05, 3.63) is 48.0 Å². The predicted molar refractivity (Wildman–Crippen MR) is 82.5 cm³/mol. The van der Waals surface area contributed by atoms with Crippen LogP contribution >= 0.6 is 0 Å². The van der Waals surface area contributed by atoms with Gasteiger partial charge in [-0.25, -0.2) is 4.98 Å². The molecule has 4 rings (SSSR count). The summed E-state index contributed by atoms with van der Waals surface area (Å²) in [5.74, 6) is 2.06. The quantitative estimate of drug-likeness (QED) is 0.740. The molecule has 1 aliphatic heterocycles. The lowest BCUT2D eigenvalue weighted by Crippen LogP contribution is -1.95. The zero-order valence-corrected chi connectivity index (χ0v) is 11.6. The predicted octanol–water partition coefficient (Wildman–Crippen LogP) is 3.52. The van der Waals surface area contributed by atoms with Crippen LogP contribution < -0.4 is 15.2 Å². The molecule has 0 radical (unpaired) electrons. The Labute approximate surface area is 122 Å². The van der Waals surface area contributed by atoms with E-state index in [1.54, 1.807) is 0 Å². The summed E-state index contributed by atoms with van der Waals surface area (Å²) in [6, 6.07) is 14.0. The summed E-state index contributed by atoms with van der Waals surface area (Å²) < 4.78 is 10.7. The van der Waals surface area contributed by atoms with Crippen LogP contribution in [0.15, 0.2) is 42.5 Å². The third-order valence-electron chi connectivity index (χ3n) is 3.68. The van der Waals surface area contributed by atoms with Crippen LogP contribution in [-0.2, 0) is 0 Å². The third-order valence-corrected chi connectivity index (χ3v) is 3.68. The van der Waals surface area contributed by atoms with E-state index in [1.165, 1.54) is 5.56 Å². The van der Waals surface area contributed by atoms with Gasteiger partial charge in [0.15, 0.2) is 11.5 Å². The first-order valence-corrected chi connectivity index (χ1v) is 6.77. The topological polar surface area (TPSA) is 57.4 Å². The molecule has 0 bridgehead atoms. The minimum absolute atomic E-state index is 0.269. The number of nitrogens with zero attached hydrogens (tertiary/aromatic N) is 1. The van der Waals surface area contributed by atoms with Crippen molar-refractivity contribution in [1.29, 1.82) is 0 Å². The van der Waals surface area contributed by atoms with Crippen LogP contribution in [0.2, 0.25) is 0 Å². The maximum atomic E-state index is 6.09. The molecular weight excluding hydrogens is 264 g/mol. The number of hydrogen-bond donors (Lipinski definition) is 1. The number of aromatic nitrogens is 1. The van der Waals surface area contributed by atoms with Crippen molar-refractivity contribution in [3.8, 4) is 22.8 Å². The van der Waals surface area contributed by atoms with Gasteiger partial charge in [-0.05, 0) is 36.6 Å². The second-order valence-electron chi connectivity index (χ2n) is 5.19. The molecule has 0 aliphatic carbocycles. The van der Waals surface area contributed by atoms with E-state index in [-0.39, 0.29) is 6.79 Å². The zero-order chi connectivity index (χ0) is 14.4. The maximum Gasteiger partial charge on any atom is 0.231 e. The fourth-order valence-corrected chi connectivity index (χ4v) is 2.61. The molecule has 0 unspecified atom stereocenters. The van der Waals surface area contributed by atoms with E-state index >= 15 is 0 Å². The number of benzene rings is 2. The number of anilines is 1. The summed E-state index contributed by atoms with van der Waals surface area (Å²) in [5.41, 5.74) is 9.09. The van der Waals surface area contributed by atoms with Crippen molar-refractivity contribution in [1.82, 2.24) is 4.98 Å². The summed E-state index contributed by atoms with van der Waals surface area (Å²) in [7, 11) is 0. The first-order valence-electron chi connectivity index (χ1n) is 6.77. The van der Waals surface area contributed by atoms with Gasteiger partial charge in [0.2, 0.25) is 6.79 Å². The summed E-state index contributed by atoms with van der Waals surface area (Å²) >= 11 is 0. The smallest absolute Gasteiger partial charge is 0.231 e. The molecule has 1 aliphatic rings. The Morgan fingerprint density at radius 1 is 1.00 bits per heavy atom. The fraction of sp³-hybridized carbons (Fsp3) is 0.118. The highest BCUT2D eigenvalue weighted by molar-refractivity contribution is 5.94. The number of nitrogen functional groups attached to an aromatic ring is 1. The van der Waals surface area contributed by atoms with Crippen molar-refractivity contribution in [3.63, 3.8) is 0 Å². The molecule has 0 saturated carbocycles. The molecule has 0 fully saturated rings. The van der Waals surface area contributed by atoms with Crippen LogP contribution in [0.1, 0.15) is 5.56 Å². The average Bonchev–Trinajstić information content (AvgIpc) is 2.94.